The normalized spacial score (nSPS) is 20.6. The minimum Gasteiger partial charge on any atom is -0.376 e. The monoisotopic (exact) mass is 216 g/mol. The smallest absolute Gasteiger partial charge is 0.140 e. The highest BCUT2D eigenvalue weighted by Gasteiger charge is 2.24. The SMILES string of the molecule is Cc1cccc(N2CCOCC2C#N)c1C. The van der Waals surface area contributed by atoms with E-state index in [2.05, 4.69) is 36.9 Å². The van der Waals surface area contributed by atoms with E-state index in [0.717, 1.165) is 12.2 Å². The molecule has 0 aliphatic carbocycles. The Morgan fingerprint density at radius 2 is 2.25 bits per heavy atom. The van der Waals surface area contributed by atoms with Crippen molar-refractivity contribution < 1.29 is 4.74 Å². The summed E-state index contributed by atoms with van der Waals surface area (Å²) in [7, 11) is 0. The standard InChI is InChI=1S/C13H16N2O/c1-10-4-3-5-13(11(10)2)15-6-7-16-9-12(15)8-14/h3-5,12H,6-7,9H2,1-2H3. The number of nitriles is 1. The molecule has 3 heteroatoms. The molecule has 1 heterocycles. The maximum Gasteiger partial charge on any atom is 0.140 e. The second-order valence-electron chi connectivity index (χ2n) is 4.13. The predicted octanol–water partition coefficient (Wildman–Crippen LogP) is 2.03. The van der Waals surface area contributed by atoms with Crippen LogP contribution < -0.4 is 4.90 Å². The van der Waals surface area contributed by atoms with Crippen molar-refractivity contribution in [1.29, 1.82) is 5.26 Å². The summed E-state index contributed by atoms with van der Waals surface area (Å²) in [6, 6.07) is 8.36. The van der Waals surface area contributed by atoms with E-state index in [1.54, 1.807) is 0 Å². The van der Waals surface area contributed by atoms with Crippen LogP contribution in [0.25, 0.3) is 0 Å². The molecule has 2 rings (SSSR count). The topological polar surface area (TPSA) is 36.3 Å². The molecule has 1 saturated heterocycles. The van der Waals surface area contributed by atoms with Crippen LogP contribution in [0, 0.1) is 25.2 Å². The minimum absolute atomic E-state index is 0.158. The number of aryl methyl sites for hydroxylation is 1. The lowest BCUT2D eigenvalue weighted by Crippen LogP contribution is -2.45. The lowest BCUT2D eigenvalue weighted by Gasteiger charge is -2.34. The molecule has 1 atom stereocenters. The molecule has 1 fully saturated rings. The first-order chi connectivity index (χ1) is 7.74. The highest BCUT2D eigenvalue weighted by Crippen LogP contribution is 2.25. The van der Waals surface area contributed by atoms with Gasteiger partial charge in [0.25, 0.3) is 0 Å². The first kappa shape index (κ1) is 11.0. The average molecular weight is 216 g/mol. The fourth-order valence-corrected chi connectivity index (χ4v) is 2.05. The van der Waals surface area contributed by atoms with Gasteiger partial charge in [-0.1, -0.05) is 12.1 Å². The predicted molar refractivity (Wildman–Crippen MR) is 63.5 cm³/mol. The van der Waals surface area contributed by atoms with Crippen LogP contribution in [0.15, 0.2) is 18.2 Å². The second-order valence-corrected chi connectivity index (χ2v) is 4.13. The van der Waals surface area contributed by atoms with Crippen LogP contribution in [0.4, 0.5) is 5.69 Å². The highest BCUT2D eigenvalue weighted by atomic mass is 16.5. The molecule has 16 heavy (non-hydrogen) atoms. The van der Waals surface area contributed by atoms with Crippen molar-refractivity contribution >= 4 is 5.69 Å². The first-order valence-corrected chi connectivity index (χ1v) is 5.54. The number of benzene rings is 1. The Labute approximate surface area is 96.2 Å². The Balaban J connectivity index is 2.35. The van der Waals surface area contributed by atoms with Crippen molar-refractivity contribution in [2.75, 3.05) is 24.7 Å². The van der Waals surface area contributed by atoms with Crippen LogP contribution >= 0.6 is 0 Å². The summed E-state index contributed by atoms with van der Waals surface area (Å²) in [5.41, 5.74) is 3.68. The van der Waals surface area contributed by atoms with Crippen molar-refractivity contribution in [1.82, 2.24) is 0 Å². The largest absolute Gasteiger partial charge is 0.376 e. The molecule has 1 aromatic carbocycles. The van der Waals surface area contributed by atoms with Crippen molar-refractivity contribution in [3.63, 3.8) is 0 Å². The van der Waals surface area contributed by atoms with E-state index in [1.165, 1.54) is 11.1 Å². The van der Waals surface area contributed by atoms with E-state index in [9.17, 15) is 0 Å². The van der Waals surface area contributed by atoms with Gasteiger partial charge in [0.2, 0.25) is 0 Å². The molecule has 0 radical (unpaired) electrons. The van der Waals surface area contributed by atoms with Crippen LogP contribution in [0.3, 0.4) is 0 Å². The third-order valence-corrected chi connectivity index (χ3v) is 3.16. The van der Waals surface area contributed by atoms with E-state index < -0.39 is 0 Å². The van der Waals surface area contributed by atoms with Gasteiger partial charge in [-0.2, -0.15) is 5.26 Å². The molecule has 1 aromatic rings. The summed E-state index contributed by atoms with van der Waals surface area (Å²) < 4.78 is 5.33. The lowest BCUT2D eigenvalue weighted by molar-refractivity contribution is 0.107. The Morgan fingerprint density at radius 1 is 1.44 bits per heavy atom. The second kappa shape index (κ2) is 4.54. The van der Waals surface area contributed by atoms with Gasteiger partial charge in [-0.05, 0) is 31.0 Å². The van der Waals surface area contributed by atoms with Crippen molar-refractivity contribution in [2.45, 2.75) is 19.9 Å². The molecule has 84 valence electrons. The van der Waals surface area contributed by atoms with E-state index in [-0.39, 0.29) is 6.04 Å². The fourth-order valence-electron chi connectivity index (χ4n) is 2.05. The molecular formula is C13H16N2O. The Kier molecular flexibility index (Phi) is 3.12. The van der Waals surface area contributed by atoms with Gasteiger partial charge in [0.15, 0.2) is 0 Å². The van der Waals surface area contributed by atoms with Crippen LogP contribution in [0.2, 0.25) is 0 Å². The molecule has 3 nitrogen and oxygen atoms in total. The number of ether oxygens (including phenoxy) is 1. The molecule has 0 saturated carbocycles. The zero-order chi connectivity index (χ0) is 11.5. The van der Waals surface area contributed by atoms with Crippen molar-refractivity contribution in [2.24, 2.45) is 0 Å². The van der Waals surface area contributed by atoms with Gasteiger partial charge < -0.3 is 9.64 Å². The molecule has 0 amide bonds. The van der Waals surface area contributed by atoms with Gasteiger partial charge in [-0.15, -0.1) is 0 Å². The van der Waals surface area contributed by atoms with E-state index >= 15 is 0 Å². The lowest BCUT2D eigenvalue weighted by atomic mass is 10.1. The van der Waals surface area contributed by atoms with Gasteiger partial charge in [0.1, 0.15) is 6.04 Å². The molecular weight excluding hydrogens is 200 g/mol. The summed E-state index contributed by atoms with van der Waals surface area (Å²) >= 11 is 0. The van der Waals surface area contributed by atoms with E-state index in [0.29, 0.717) is 13.2 Å². The molecule has 1 aliphatic rings. The van der Waals surface area contributed by atoms with Gasteiger partial charge in [0, 0.05) is 12.2 Å². The van der Waals surface area contributed by atoms with Crippen molar-refractivity contribution in [3.05, 3.63) is 29.3 Å². The maximum atomic E-state index is 9.11. The summed E-state index contributed by atoms with van der Waals surface area (Å²) in [5.74, 6) is 0. The molecule has 0 spiro atoms. The quantitative estimate of drug-likeness (QED) is 0.720. The third kappa shape index (κ3) is 1.89. The number of morpholine rings is 1. The molecule has 0 N–H and O–H groups in total. The summed E-state index contributed by atoms with van der Waals surface area (Å²) in [6.07, 6.45) is 0. The molecule has 0 aromatic heterocycles. The number of hydrogen-bond acceptors (Lipinski definition) is 3. The Bertz CT molecular complexity index is 422. The third-order valence-electron chi connectivity index (χ3n) is 3.16. The Hall–Kier alpha value is -1.53. The summed E-state index contributed by atoms with van der Waals surface area (Å²) in [6.45, 7) is 6.20. The number of anilines is 1. The fraction of sp³-hybridized carbons (Fsp3) is 0.462. The van der Waals surface area contributed by atoms with Crippen molar-refractivity contribution in [3.8, 4) is 6.07 Å². The van der Waals surface area contributed by atoms with E-state index in [4.69, 9.17) is 10.00 Å². The van der Waals surface area contributed by atoms with Crippen LogP contribution in [0.5, 0.6) is 0 Å². The van der Waals surface area contributed by atoms with Gasteiger partial charge >= 0.3 is 0 Å². The highest BCUT2D eigenvalue weighted by molar-refractivity contribution is 5.57. The summed E-state index contributed by atoms with van der Waals surface area (Å²) in [5, 5.41) is 9.11. The number of nitrogens with zero attached hydrogens (tertiary/aromatic N) is 2. The Morgan fingerprint density at radius 3 is 3.00 bits per heavy atom. The zero-order valence-corrected chi connectivity index (χ0v) is 9.73. The molecule has 0 bridgehead atoms. The number of rotatable bonds is 1. The molecule has 1 aliphatic heterocycles. The average Bonchev–Trinajstić information content (AvgIpc) is 2.33. The molecule has 1 unspecified atom stereocenters. The zero-order valence-electron chi connectivity index (χ0n) is 9.73. The van der Waals surface area contributed by atoms with Crippen LogP contribution in [-0.2, 0) is 4.74 Å². The van der Waals surface area contributed by atoms with Crippen LogP contribution in [0.1, 0.15) is 11.1 Å². The maximum absolute atomic E-state index is 9.11. The van der Waals surface area contributed by atoms with Gasteiger partial charge in [0.05, 0.1) is 19.3 Å². The van der Waals surface area contributed by atoms with Gasteiger partial charge in [-0.25, -0.2) is 0 Å². The first-order valence-electron chi connectivity index (χ1n) is 5.54. The van der Waals surface area contributed by atoms with E-state index in [1.807, 2.05) is 6.07 Å². The van der Waals surface area contributed by atoms with Gasteiger partial charge in [-0.3, -0.25) is 0 Å². The number of hydrogen-bond donors (Lipinski definition) is 0. The van der Waals surface area contributed by atoms with Crippen LogP contribution in [-0.4, -0.2) is 25.8 Å². The summed E-state index contributed by atoms with van der Waals surface area (Å²) in [4.78, 5) is 2.14. The minimum atomic E-state index is -0.158.